The molecule has 0 amide bonds. The first kappa shape index (κ1) is 13.6. The van der Waals surface area contributed by atoms with E-state index in [-0.39, 0.29) is 5.56 Å². The molecule has 0 unspecified atom stereocenters. The third-order valence-electron chi connectivity index (χ3n) is 1.92. The summed E-state index contributed by atoms with van der Waals surface area (Å²) in [6.07, 6.45) is 0.378. The van der Waals surface area contributed by atoms with E-state index in [0.717, 1.165) is 0 Å². The number of hydrogen-bond acceptors (Lipinski definition) is 4. The molecule has 0 fully saturated rings. The molecule has 0 N–H and O–H groups in total. The summed E-state index contributed by atoms with van der Waals surface area (Å²) in [5, 5.41) is -4.07. The van der Waals surface area contributed by atoms with Crippen molar-refractivity contribution in [3.05, 3.63) is 35.9 Å². The molecule has 0 atom stereocenters. The lowest BCUT2D eigenvalue weighted by atomic mass is 10.2. The molecule has 17 heavy (non-hydrogen) atoms. The van der Waals surface area contributed by atoms with Crippen molar-refractivity contribution in [1.29, 1.82) is 0 Å². The van der Waals surface area contributed by atoms with Gasteiger partial charge in [0.2, 0.25) is 9.84 Å². The third kappa shape index (κ3) is 3.48. The van der Waals surface area contributed by atoms with Crippen molar-refractivity contribution < 1.29 is 26.7 Å². The number of ether oxygens (including phenoxy) is 1. The Kier molecular flexibility index (Phi) is 3.82. The highest BCUT2D eigenvalue weighted by molar-refractivity contribution is 7.91. The molecular formula is C10H10F2O4S. The fourth-order valence-corrected chi connectivity index (χ4v) is 1.19. The Bertz CT molecular complexity index is 496. The molecule has 7 heteroatoms. The fraction of sp³-hybridized carbons (Fsp3) is 0.300. The lowest BCUT2D eigenvalue weighted by Crippen LogP contribution is -2.34. The molecule has 4 nitrogen and oxygen atoms in total. The Morgan fingerprint density at radius 2 is 1.82 bits per heavy atom. The zero-order valence-electron chi connectivity index (χ0n) is 8.89. The van der Waals surface area contributed by atoms with Crippen LogP contribution in [-0.4, -0.2) is 32.5 Å². The van der Waals surface area contributed by atoms with E-state index in [1.807, 2.05) is 0 Å². The van der Waals surface area contributed by atoms with Gasteiger partial charge >= 0.3 is 11.2 Å². The van der Waals surface area contributed by atoms with E-state index in [0.29, 0.717) is 6.26 Å². The number of benzene rings is 1. The summed E-state index contributed by atoms with van der Waals surface area (Å²) >= 11 is 0. The zero-order chi connectivity index (χ0) is 13.1. The van der Waals surface area contributed by atoms with Crippen molar-refractivity contribution in [2.24, 2.45) is 0 Å². The van der Waals surface area contributed by atoms with Gasteiger partial charge in [0.1, 0.15) is 0 Å². The van der Waals surface area contributed by atoms with Crippen molar-refractivity contribution in [2.45, 2.75) is 5.25 Å². The van der Waals surface area contributed by atoms with Gasteiger partial charge in [-0.15, -0.1) is 0 Å². The molecule has 0 aliphatic rings. The maximum Gasteiger partial charge on any atom is 0.378 e. The normalized spacial score (nSPS) is 12.2. The van der Waals surface area contributed by atoms with Crippen LogP contribution in [0, 0.1) is 0 Å². The zero-order valence-corrected chi connectivity index (χ0v) is 9.71. The summed E-state index contributed by atoms with van der Waals surface area (Å²) in [5.74, 6) is -0.992. The van der Waals surface area contributed by atoms with Crippen molar-refractivity contribution in [2.75, 3.05) is 12.9 Å². The van der Waals surface area contributed by atoms with Gasteiger partial charge in [-0.1, -0.05) is 18.2 Å². The molecule has 1 rings (SSSR count). The van der Waals surface area contributed by atoms with Crippen LogP contribution < -0.4 is 0 Å². The molecule has 1 aromatic carbocycles. The van der Waals surface area contributed by atoms with Gasteiger partial charge in [-0.2, -0.15) is 8.78 Å². The van der Waals surface area contributed by atoms with E-state index >= 15 is 0 Å². The van der Waals surface area contributed by atoms with E-state index in [4.69, 9.17) is 0 Å². The molecule has 0 radical (unpaired) electrons. The second-order valence-electron chi connectivity index (χ2n) is 3.35. The van der Waals surface area contributed by atoms with E-state index in [2.05, 4.69) is 4.74 Å². The number of halogens is 2. The largest absolute Gasteiger partial charge is 0.454 e. The summed E-state index contributed by atoms with van der Waals surface area (Å²) < 4.78 is 51.5. The predicted molar refractivity (Wildman–Crippen MR) is 56.5 cm³/mol. The van der Waals surface area contributed by atoms with Gasteiger partial charge in [0.05, 0.1) is 5.56 Å². The smallest absolute Gasteiger partial charge is 0.378 e. The summed E-state index contributed by atoms with van der Waals surface area (Å²) in [4.78, 5) is 11.3. The van der Waals surface area contributed by atoms with Crippen molar-refractivity contribution in [3.8, 4) is 0 Å². The quantitative estimate of drug-likeness (QED) is 0.773. The lowest BCUT2D eigenvalue weighted by Gasteiger charge is -2.14. The number of carbonyl (C=O) groups is 1. The van der Waals surface area contributed by atoms with Crippen LogP contribution in [0.5, 0.6) is 0 Å². The van der Waals surface area contributed by atoms with Crippen molar-refractivity contribution in [1.82, 2.24) is 0 Å². The summed E-state index contributed by atoms with van der Waals surface area (Å²) in [6.45, 7) is -1.49. The molecule has 0 aliphatic heterocycles. The molecule has 0 saturated heterocycles. The highest BCUT2D eigenvalue weighted by Gasteiger charge is 2.43. The maximum atomic E-state index is 12.9. The molecule has 0 spiro atoms. The van der Waals surface area contributed by atoms with Crippen LogP contribution >= 0.6 is 0 Å². The minimum absolute atomic E-state index is 0.0804. The second-order valence-corrected chi connectivity index (χ2v) is 5.49. The maximum absolute atomic E-state index is 12.9. The first-order valence-corrected chi connectivity index (χ1v) is 6.43. The Labute approximate surface area is 97.1 Å². The molecule has 94 valence electrons. The number of sulfone groups is 1. The van der Waals surface area contributed by atoms with Crippen LogP contribution in [0.4, 0.5) is 8.78 Å². The monoisotopic (exact) mass is 264 g/mol. The van der Waals surface area contributed by atoms with Crippen LogP contribution in [-0.2, 0) is 14.6 Å². The van der Waals surface area contributed by atoms with E-state index in [1.54, 1.807) is 6.07 Å². The molecule has 1 aromatic rings. The number of carbonyl (C=O) groups excluding carboxylic acids is 1. The first-order chi connectivity index (χ1) is 7.74. The lowest BCUT2D eigenvalue weighted by molar-refractivity contribution is -0.00497. The van der Waals surface area contributed by atoms with Crippen molar-refractivity contribution in [3.63, 3.8) is 0 Å². The average Bonchev–Trinajstić information content (AvgIpc) is 2.25. The summed E-state index contributed by atoms with van der Waals surface area (Å²) in [7, 11) is -4.59. The fourth-order valence-electron chi connectivity index (χ4n) is 0.914. The topological polar surface area (TPSA) is 60.4 Å². The molecule has 0 aromatic heterocycles. The second kappa shape index (κ2) is 4.79. The van der Waals surface area contributed by atoms with Gasteiger partial charge in [0, 0.05) is 6.26 Å². The number of rotatable bonds is 4. The minimum Gasteiger partial charge on any atom is -0.454 e. The number of hydrogen-bond donors (Lipinski definition) is 0. The Morgan fingerprint density at radius 1 is 1.29 bits per heavy atom. The minimum atomic E-state index is -4.59. The average molecular weight is 264 g/mol. The van der Waals surface area contributed by atoms with Gasteiger partial charge in [-0.3, -0.25) is 0 Å². The van der Waals surface area contributed by atoms with Crippen LogP contribution in [0.15, 0.2) is 30.3 Å². The molecule has 0 saturated carbocycles. The number of alkyl halides is 2. The van der Waals surface area contributed by atoms with Crippen LogP contribution in [0.1, 0.15) is 10.4 Å². The summed E-state index contributed by atoms with van der Waals surface area (Å²) in [5.41, 5.74) is 0.0804. The first-order valence-electron chi connectivity index (χ1n) is 4.53. The molecule has 0 bridgehead atoms. The van der Waals surface area contributed by atoms with Gasteiger partial charge in [-0.05, 0) is 12.1 Å². The highest BCUT2D eigenvalue weighted by atomic mass is 32.2. The van der Waals surface area contributed by atoms with E-state index in [9.17, 15) is 22.0 Å². The molecule has 0 aliphatic carbocycles. The van der Waals surface area contributed by atoms with Gasteiger partial charge < -0.3 is 4.74 Å². The third-order valence-corrected chi connectivity index (χ3v) is 3.13. The number of esters is 1. The summed E-state index contributed by atoms with van der Waals surface area (Å²) in [6, 6.07) is 7.46. The Hall–Kier alpha value is -1.50. The van der Waals surface area contributed by atoms with Gasteiger partial charge in [0.25, 0.3) is 0 Å². The van der Waals surface area contributed by atoms with Crippen LogP contribution in [0.3, 0.4) is 0 Å². The van der Waals surface area contributed by atoms with Gasteiger partial charge in [-0.25, -0.2) is 13.2 Å². The van der Waals surface area contributed by atoms with E-state index < -0.39 is 27.7 Å². The predicted octanol–water partition coefficient (Wildman–Crippen LogP) is 1.48. The standard InChI is InChI=1S/C10H10F2O4S/c1-17(14,15)10(11,12)7-16-9(13)8-5-3-2-4-6-8/h2-6H,7H2,1H3. The molecular weight excluding hydrogens is 254 g/mol. The van der Waals surface area contributed by atoms with Crippen molar-refractivity contribution >= 4 is 15.8 Å². The Morgan fingerprint density at radius 3 is 2.29 bits per heavy atom. The Balaban J connectivity index is 2.67. The SMILES string of the molecule is CS(=O)(=O)C(F)(F)COC(=O)c1ccccc1. The van der Waals surface area contributed by atoms with Crippen LogP contribution in [0.2, 0.25) is 0 Å². The highest BCUT2D eigenvalue weighted by Crippen LogP contribution is 2.21. The molecule has 0 heterocycles. The van der Waals surface area contributed by atoms with Crippen LogP contribution in [0.25, 0.3) is 0 Å². The van der Waals surface area contributed by atoms with Gasteiger partial charge in [0.15, 0.2) is 6.61 Å². The van der Waals surface area contributed by atoms with E-state index in [1.165, 1.54) is 24.3 Å².